The van der Waals surface area contributed by atoms with E-state index >= 15 is 0 Å². The van der Waals surface area contributed by atoms with E-state index in [1.165, 1.54) is 5.56 Å². The van der Waals surface area contributed by atoms with Crippen molar-refractivity contribution in [2.75, 3.05) is 19.8 Å². The maximum absolute atomic E-state index is 6.24. The van der Waals surface area contributed by atoms with Gasteiger partial charge in [0.05, 0.1) is 0 Å². The molecule has 2 aromatic carbocycles. The lowest BCUT2D eigenvalue weighted by Crippen LogP contribution is -2.42. The second-order valence-corrected chi connectivity index (χ2v) is 6.36. The molecule has 0 bridgehead atoms. The van der Waals surface area contributed by atoms with E-state index in [-0.39, 0.29) is 5.41 Å². The first-order valence-corrected chi connectivity index (χ1v) is 8.25. The smallest absolute Gasteiger partial charge is 0.0475 e. The van der Waals surface area contributed by atoms with Crippen LogP contribution in [-0.4, -0.2) is 19.8 Å². The lowest BCUT2D eigenvalue weighted by atomic mass is 9.74. The molecule has 0 atom stereocenters. The standard InChI is InChI=1S/C19H22ClNO/c20-18-9-5-4-6-16(18)14-21-15-19(10-12-22-13-11-19)17-7-2-1-3-8-17/h1-9,21H,10-15H2. The number of hydrogen-bond acceptors (Lipinski definition) is 2. The third-order valence-electron chi connectivity index (χ3n) is 4.57. The average Bonchev–Trinajstić information content (AvgIpc) is 2.58. The van der Waals surface area contributed by atoms with E-state index in [1.807, 2.05) is 18.2 Å². The summed E-state index contributed by atoms with van der Waals surface area (Å²) >= 11 is 6.24. The maximum atomic E-state index is 6.24. The van der Waals surface area contributed by atoms with Crippen molar-refractivity contribution in [1.29, 1.82) is 0 Å². The van der Waals surface area contributed by atoms with Crippen molar-refractivity contribution in [1.82, 2.24) is 5.32 Å². The Morgan fingerprint density at radius 2 is 1.64 bits per heavy atom. The summed E-state index contributed by atoms with van der Waals surface area (Å²) in [6, 6.07) is 18.8. The zero-order chi connectivity index (χ0) is 15.3. The highest BCUT2D eigenvalue weighted by atomic mass is 35.5. The molecule has 0 spiro atoms. The molecule has 0 aliphatic carbocycles. The molecular weight excluding hydrogens is 294 g/mol. The van der Waals surface area contributed by atoms with E-state index in [4.69, 9.17) is 16.3 Å². The van der Waals surface area contributed by atoms with Gasteiger partial charge in [-0.1, -0.05) is 60.1 Å². The number of ether oxygens (including phenoxy) is 1. The van der Waals surface area contributed by atoms with Gasteiger partial charge in [0, 0.05) is 36.7 Å². The molecular formula is C19H22ClNO. The van der Waals surface area contributed by atoms with Gasteiger partial charge in [-0.15, -0.1) is 0 Å². The van der Waals surface area contributed by atoms with E-state index < -0.39 is 0 Å². The first-order chi connectivity index (χ1) is 10.8. The molecule has 2 nitrogen and oxygen atoms in total. The minimum atomic E-state index is 0.167. The molecule has 0 saturated carbocycles. The van der Waals surface area contributed by atoms with E-state index in [0.717, 1.165) is 49.7 Å². The van der Waals surface area contributed by atoms with Gasteiger partial charge in [0.15, 0.2) is 0 Å². The minimum Gasteiger partial charge on any atom is -0.381 e. The van der Waals surface area contributed by atoms with Crippen LogP contribution in [0.5, 0.6) is 0 Å². The third kappa shape index (κ3) is 3.52. The van der Waals surface area contributed by atoms with Gasteiger partial charge in [-0.2, -0.15) is 0 Å². The summed E-state index contributed by atoms with van der Waals surface area (Å²) in [5, 5.41) is 4.44. The zero-order valence-electron chi connectivity index (χ0n) is 12.7. The SMILES string of the molecule is Clc1ccccc1CNCC1(c2ccccc2)CCOCC1. The summed E-state index contributed by atoms with van der Waals surface area (Å²) in [4.78, 5) is 0. The summed E-state index contributed by atoms with van der Waals surface area (Å²) < 4.78 is 5.58. The molecule has 1 aliphatic rings. The van der Waals surface area contributed by atoms with E-state index in [0.29, 0.717) is 0 Å². The van der Waals surface area contributed by atoms with Crippen molar-refractivity contribution in [2.45, 2.75) is 24.8 Å². The van der Waals surface area contributed by atoms with Crippen molar-refractivity contribution in [3.63, 3.8) is 0 Å². The van der Waals surface area contributed by atoms with Crippen LogP contribution >= 0.6 is 11.6 Å². The fourth-order valence-electron chi connectivity index (χ4n) is 3.20. The lowest BCUT2D eigenvalue weighted by Gasteiger charge is -2.38. The van der Waals surface area contributed by atoms with Crippen LogP contribution in [0.1, 0.15) is 24.0 Å². The van der Waals surface area contributed by atoms with Gasteiger partial charge >= 0.3 is 0 Å². The molecule has 0 unspecified atom stereocenters. The molecule has 1 fully saturated rings. The topological polar surface area (TPSA) is 21.3 Å². The Morgan fingerprint density at radius 3 is 2.36 bits per heavy atom. The third-order valence-corrected chi connectivity index (χ3v) is 4.94. The molecule has 3 rings (SSSR count). The van der Waals surface area contributed by atoms with Crippen molar-refractivity contribution < 1.29 is 4.74 Å². The quantitative estimate of drug-likeness (QED) is 0.893. The molecule has 0 aromatic heterocycles. The van der Waals surface area contributed by atoms with Gasteiger partial charge in [-0.3, -0.25) is 0 Å². The lowest BCUT2D eigenvalue weighted by molar-refractivity contribution is 0.0498. The molecule has 116 valence electrons. The van der Waals surface area contributed by atoms with E-state index in [1.54, 1.807) is 0 Å². The number of halogens is 1. The summed E-state index contributed by atoms with van der Waals surface area (Å²) in [6.07, 6.45) is 2.12. The van der Waals surface area contributed by atoms with Crippen molar-refractivity contribution in [2.24, 2.45) is 0 Å². The Morgan fingerprint density at radius 1 is 0.955 bits per heavy atom. The molecule has 1 N–H and O–H groups in total. The van der Waals surface area contributed by atoms with Crippen LogP contribution in [0.3, 0.4) is 0 Å². The van der Waals surface area contributed by atoms with E-state index in [2.05, 4.69) is 41.7 Å². The fourth-order valence-corrected chi connectivity index (χ4v) is 3.40. The van der Waals surface area contributed by atoms with Crippen LogP contribution in [0.15, 0.2) is 54.6 Å². The second kappa shape index (κ2) is 7.28. The predicted octanol–water partition coefficient (Wildman–Crippen LogP) is 4.18. The van der Waals surface area contributed by atoms with Crippen LogP contribution in [0.2, 0.25) is 5.02 Å². The monoisotopic (exact) mass is 315 g/mol. The van der Waals surface area contributed by atoms with Gasteiger partial charge in [-0.05, 0) is 30.0 Å². The van der Waals surface area contributed by atoms with Gasteiger partial charge in [0.25, 0.3) is 0 Å². The number of rotatable bonds is 5. The summed E-state index contributed by atoms with van der Waals surface area (Å²) in [6.45, 7) is 3.42. The molecule has 22 heavy (non-hydrogen) atoms. The molecule has 3 heteroatoms. The molecule has 1 saturated heterocycles. The largest absolute Gasteiger partial charge is 0.381 e. The Hall–Kier alpha value is -1.35. The van der Waals surface area contributed by atoms with Gasteiger partial charge in [-0.25, -0.2) is 0 Å². The molecule has 0 amide bonds. The molecule has 2 aromatic rings. The first-order valence-electron chi connectivity index (χ1n) is 7.88. The highest BCUT2D eigenvalue weighted by Crippen LogP contribution is 2.34. The zero-order valence-corrected chi connectivity index (χ0v) is 13.5. The summed E-state index contributed by atoms with van der Waals surface area (Å²) in [5.41, 5.74) is 2.73. The first kappa shape index (κ1) is 15.5. The fraction of sp³-hybridized carbons (Fsp3) is 0.368. The highest BCUT2D eigenvalue weighted by Gasteiger charge is 2.33. The molecule has 0 radical (unpaired) electrons. The van der Waals surface area contributed by atoms with Crippen LogP contribution in [0.25, 0.3) is 0 Å². The Kier molecular flexibility index (Phi) is 5.14. The number of nitrogens with one attached hydrogen (secondary N) is 1. The maximum Gasteiger partial charge on any atom is 0.0475 e. The highest BCUT2D eigenvalue weighted by molar-refractivity contribution is 6.31. The summed E-state index contributed by atoms with van der Waals surface area (Å²) in [7, 11) is 0. The number of benzene rings is 2. The normalized spacial score (nSPS) is 17.3. The molecule has 1 aliphatic heterocycles. The van der Waals surface area contributed by atoms with Crippen LogP contribution in [0, 0.1) is 0 Å². The van der Waals surface area contributed by atoms with Crippen molar-refractivity contribution in [3.8, 4) is 0 Å². The number of hydrogen-bond donors (Lipinski definition) is 1. The average molecular weight is 316 g/mol. The Labute approximate surface area is 137 Å². The van der Waals surface area contributed by atoms with Crippen LogP contribution in [-0.2, 0) is 16.7 Å². The van der Waals surface area contributed by atoms with Gasteiger partial charge in [0.1, 0.15) is 0 Å². The predicted molar refractivity (Wildman–Crippen MR) is 91.3 cm³/mol. The van der Waals surface area contributed by atoms with Crippen molar-refractivity contribution >= 4 is 11.6 Å². The van der Waals surface area contributed by atoms with Gasteiger partial charge in [0.2, 0.25) is 0 Å². The van der Waals surface area contributed by atoms with Crippen molar-refractivity contribution in [3.05, 3.63) is 70.7 Å². The van der Waals surface area contributed by atoms with Crippen LogP contribution in [0.4, 0.5) is 0 Å². The summed E-state index contributed by atoms with van der Waals surface area (Å²) in [5.74, 6) is 0. The minimum absolute atomic E-state index is 0.167. The second-order valence-electron chi connectivity index (χ2n) is 5.95. The molecule has 1 heterocycles. The Bertz CT molecular complexity index is 593. The van der Waals surface area contributed by atoms with E-state index in [9.17, 15) is 0 Å². The van der Waals surface area contributed by atoms with Gasteiger partial charge < -0.3 is 10.1 Å². The van der Waals surface area contributed by atoms with Crippen LogP contribution < -0.4 is 5.32 Å². The Balaban J connectivity index is 1.70.